The second-order valence-electron chi connectivity index (χ2n) is 5.36. The number of aliphatic hydroxyl groups excluding tert-OH is 1. The Kier molecular flexibility index (Phi) is 4.17. The number of hydrogen-bond acceptors (Lipinski definition) is 4. The Morgan fingerprint density at radius 2 is 2.00 bits per heavy atom. The van der Waals surface area contributed by atoms with Gasteiger partial charge in [0.05, 0.1) is 20.3 Å². The molecule has 1 aromatic carbocycles. The predicted octanol–water partition coefficient (Wildman–Crippen LogP) is 3.92. The van der Waals surface area contributed by atoms with E-state index in [0.717, 1.165) is 24.8 Å². The summed E-state index contributed by atoms with van der Waals surface area (Å²) in [6.07, 6.45) is 2.81. The third-order valence-corrected chi connectivity index (χ3v) is 5.23. The molecule has 1 aliphatic carbocycles. The zero-order chi connectivity index (χ0) is 14.8. The van der Waals surface area contributed by atoms with Crippen molar-refractivity contribution in [3.8, 4) is 11.5 Å². The van der Waals surface area contributed by atoms with Crippen molar-refractivity contribution in [2.75, 3.05) is 14.2 Å². The molecule has 0 saturated heterocycles. The third-order valence-electron chi connectivity index (χ3n) is 4.23. The van der Waals surface area contributed by atoms with Gasteiger partial charge in [0.25, 0.3) is 0 Å². The zero-order valence-corrected chi connectivity index (χ0v) is 13.2. The highest BCUT2D eigenvalue weighted by Gasteiger charge is 2.28. The summed E-state index contributed by atoms with van der Waals surface area (Å²) in [6.45, 7) is 0. The van der Waals surface area contributed by atoms with E-state index in [4.69, 9.17) is 9.47 Å². The standard InChI is InChI=1S/C17H20O3S/c1-19-14-7-6-11(10-15(14)20-2)17(18)13-4-3-5-16-12(13)8-9-21-16/h6-10,13,17-18H,3-5H2,1-2H3. The first kappa shape index (κ1) is 14.4. The van der Waals surface area contributed by atoms with Crippen LogP contribution < -0.4 is 9.47 Å². The molecule has 1 aliphatic rings. The normalized spacial score (nSPS) is 18.9. The molecule has 1 N–H and O–H groups in total. The Hall–Kier alpha value is -1.52. The number of hydrogen-bond donors (Lipinski definition) is 1. The Morgan fingerprint density at radius 3 is 2.76 bits per heavy atom. The maximum Gasteiger partial charge on any atom is 0.161 e. The summed E-state index contributed by atoms with van der Waals surface area (Å²) in [7, 11) is 3.23. The van der Waals surface area contributed by atoms with Gasteiger partial charge < -0.3 is 14.6 Å². The molecule has 0 spiro atoms. The first-order valence-electron chi connectivity index (χ1n) is 7.21. The van der Waals surface area contributed by atoms with E-state index in [1.54, 1.807) is 25.6 Å². The number of methoxy groups -OCH3 is 2. The minimum absolute atomic E-state index is 0.179. The third kappa shape index (κ3) is 2.65. The van der Waals surface area contributed by atoms with E-state index in [2.05, 4.69) is 11.4 Å². The fourth-order valence-corrected chi connectivity index (χ4v) is 4.12. The lowest BCUT2D eigenvalue weighted by atomic mass is 9.81. The van der Waals surface area contributed by atoms with Crippen LogP contribution in [-0.4, -0.2) is 19.3 Å². The minimum atomic E-state index is -0.501. The van der Waals surface area contributed by atoms with Crippen molar-refractivity contribution < 1.29 is 14.6 Å². The van der Waals surface area contributed by atoms with Crippen LogP contribution >= 0.6 is 11.3 Å². The van der Waals surface area contributed by atoms with E-state index < -0.39 is 6.10 Å². The summed E-state index contributed by atoms with van der Waals surface area (Å²) in [5.41, 5.74) is 2.20. The molecule has 2 atom stereocenters. The number of benzene rings is 1. The molecule has 0 amide bonds. The molecular formula is C17H20O3S. The van der Waals surface area contributed by atoms with Gasteiger partial charge in [0.1, 0.15) is 0 Å². The number of thiophene rings is 1. The van der Waals surface area contributed by atoms with Crippen LogP contribution in [0.3, 0.4) is 0 Å². The van der Waals surface area contributed by atoms with Gasteiger partial charge in [0.15, 0.2) is 11.5 Å². The minimum Gasteiger partial charge on any atom is -0.493 e. The van der Waals surface area contributed by atoms with Crippen LogP contribution in [0, 0.1) is 0 Å². The van der Waals surface area contributed by atoms with Crippen LogP contribution in [-0.2, 0) is 6.42 Å². The molecular weight excluding hydrogens is 284 g/mol. The van der Waals surface area contributed by atoms with Crippen molar-refractivity contribution in [1.82, 2.24) is 0 Å². The predicted molar refractivity (Wildman–Crippen MR) is 84.5 cm³/mol. The summed E-state index contributed by atoms with van der Waals surface area (Å²) < 4.78 is 10.6. The van der Waals surface area contributed by atoms with E-state index in [1.165, 1.54) is 10.4 Å². The lowest BCUT2D eigenvalue weighted by Gasteiger charge is -2.28. The molecule has 112 valence electrons. The Morgan fingerprint density at radius 1 is 1.19 bits per heavy atom. The summed E-state index contributed by atoms with van der Waals surface area (Å²) >= 11 is 1.80. The van der Waals surface area contributed by atoms with Crippen LogP contribution in [0.4, 0.5) is 0 Å². The lowest BCUT2D eigenvalue weighted by molar-refractivity contribution is 0.136. The Balaban J connectivity index is 1.91. The Bertz CT molecular complexity index is 620. The van der Waals surface area contributed by atoms with Crippen molar-refractivity contribution >= 4 is 11.3 Å². The van der Waals surface area contributed by atoms with Gasteiger partial charge >= 0.3 is 0 Å². The van der Waals surface area contributed by atoms with Crippen LogP contribution in [0.1, 0.15) is 40.9 Å². The van der Waals surface area contributed by atoms with Crippen molar-refractivity contribution in [3.63, 3.8) is 0 Å². The van der Waals surface area contributed by atoms with Gasteiger partial charge in [0.2, 0.25) is 0 Å². The molecule has 0 saturated carbocycles. The number of rotatable bonds is 4. The van der Waals surface area contributed by atoms with E-state index in [0.29, 0.717) is 11.5 Å². The first-order valence-corrected chi connectivity index (χ1v) is 8.08. The van der Waals surface area contributed by atoms with Crippen LogP contribution in [0.15, 0.2) is 29.6 Å². The fraction of sp³-hybridized carbons (Fsp3) is 0.412. The number of ether oxygens (including phenoxy) is 2. The molecule has 3 nitrogen and oxygen atoms in total. The number of aliphatic hydroxyl groups is 1. The van der Waals surface area contributed by atoms with Crippen molar-refractivity contribution in [2.45, 2.75) is 31.3 Å². The summed E-state index contributed by atoms with van der Waals surface area (Å²) in [5, 5.41) is 12.9. The van der Waals surface area contributed by atoms with Gasteiger partial charge in [-0.2, -0.15) is 0 Å². The van der Waals surface area contributed by atoms with Crippen molar-refractivity contribution in [1.29, 1.82) is 0 Å². The molecule has 1 aromatic heterocycles. The average Bonchev–Trinajstić information content (AvgIpc) is 3.02. The summed E-state index contributed by atoms with van der Waals surface area (Å²) in [6, 6.07) is 7.82. The highest BCUT2D eigenvalue weighted by Crippen LogP contribution is 2.43. The van der Waals surface area contributed by atoms with Gasteiger partial charge in [-0.3, -0.25) is 0 Å². The smallest absolute Gasteiger partial charge is 0.161 e. The van der Waals surface area contributed by atoms with Crippen LogP contribution in [0.5, 0.6) is 11.5 Å². The second kappa shape index (κ2) is 6.08. The van der Waals surface area contributed by atoms with E-state index >= 15 is 0 Å². The molecule has 0 aliphatic heterocycles. The molecule has 1 heterocycles. The molecule has 0 bridgehead atoms. The molecule has 21 heavy (non-hydrogen) atoms. The van der Waals surface area contributed by atoms with Gasteiger partial charge in [-0.1, -0.05) is 6.07 Å². The highest BCUT2D eigenvalue weighted by molar-refractivity contribution is 7.10. The van der Waals surface area contributed by atoms with Gasteiger partial charge in [-0.15, -0.1) is 11.3 Å². The maximum atomic E-state index is 10.8. The maximum absolute atomic E-state index is 10.8. The largest absolute Gasteiger partial charge is 0.493 e. The quantitative estimate of drug-likeness (QED) is 0.930. The first-order chi connectivity index (χ1) is 10.2. The van der Waals surface area contributed by atoms with Crippen LogP contribution in [0.25, 0.3) is 0 Å². The second-order valence-corrected chi connectivity index (χ2v) is 6.36. The Labute approximate surface area is 129 Å². The SMILES string of the molecule is COc1ccc(C(O)C2CCCc3sccc32)cc1OC. The molecule has 0 fully saturated rings. The number of aryl methyl sites for hydroxylation is 1. The molecule has 0 radical (unpaired) electrons. The average molecular weight is 304 g/mol. The highest BCUT2D eigenvalue weighted by atomic mass is 32.1. The zero-order valence-electron chi connectivity index (χ0n) is 12.3. The molecule has 2 unspecified atom stereocenters. The monoisotopic (exact) mass is 304 g/mol. The van der Waals surface area contributed by atoms with Crippen molar-refractivity contribution in [3.05, 3.63) is 45.6 Å². The summed E-state index contributed by atoms with van der Waals surface area (Å²) in [5.74, 6) is 1.53. The molecule has 2 aromatic rings. The number of fused-ring (bicyclic) bond motifs is 1. The lowest BCUT2D eigenvalue weighted by Crippen LogP contribution is -2.15. The molecule has 4 heteroatoms. The fourth-order valence-electron chi connectivity index (χ4n) is 3.12. The topological polar surface area (TPSA) is 38.7 Å². The van der Waals surface area contributed by atoms with Gasteiger partial charge in [0, 0.05) is 10.8 Å². The van der Waals surface area contributed by atoms with E-state index in [-0.39, 0.29) is 5.92 Å². The molecule has 3 rings (SSSR count). The van der Waals surface area contributed by atoms with E-state index in [1.807, 2.05) is 18.2 Å². The summed E-state index contributed by atoms with van der Waals surface area (Å²) in [4.78, 5) is 1.42. The van der Waals surface area contributed by atoms with Crippen LogP contribution in [0.2, 0.25) is 0 Å². The van der Waals surface area contributed by atoms with Gasteiger partial charge in [-0.25, -0.2) is 0 Å². The van der Waals surface area contributed by atoms with E-state index in [9.17, 15) is 5.11 Å². The van der Waals surface area contributed by atoms with Crippen molar-refractivity contribution in [2.24, 2.45) is 0 Å². The van der Waals surface area contributed by atoms with Gasteiger partial charge in [-0.05, 0) is 54.0 Å².